The summed E-state index contributed by atoms with van der Waals surface area (Å²) in [5.41, 5.74) is 0.870. The molecule has 2 heterocycles. The van der Waals surface area contributed by atoms with Crippen LogP contribution in [0.25, 0.3) is 0 Å². The summed E-state index contributed by atoms with van der Waals surface area (Å²) in [7, 11) is -0.832. The van der Waals surface area contributed by atoms with Crippen LogP contribution in [0.1, 0.15) is 18.4 Å². The van der Waals surface area contributed by atoms with Crippen molar-refractivity contribution in [3.05, 3.63) is 29.8 Å². The normalized spacial score (nSPS) is 21.3. The molecular formula is C19H24N4O6S. The predicted octanol–water partition coefficient (Wildman–Crippen LogP) is -0.455. The molecule has 1 N–H and O–H groups in total. The van der Waals surface area contributed by atoms with Crippen molar-refractivity contribution in [2.45, 2.75) is 25.3 Å². The fourth-order valence-corrected chi connectivity index (χ4v) is 5.00. The van der Waals surface area contributed by atoms with Gasteiger partial charge in [0.05, 0.1) is 12.9 Å². The van der Waals surface area contributed by atoms with E-state index in [1.807, 2.05) is 18.2 Å². The number of amides is 2. The van der Waals surface area contributed by atoms with Gasteiger partial charge in [-0.25, -0.2) is 17.7 Å². The molecule has 0 aromatic heterocycles. The largest absolute Gasteiger partial charge is 0.496 e. The van der Waals surface area contributed by atoms with Gasteiger partial charge in [-0.15, -0.1) is 0 Å². The molecule has 10 nitrogen and oxygen atoms in total. The van der Waals surface area contributed by atoms with Crippen molar-refractivity contribution < 1.29 is 27.5 Å². The molecule has 2 aliphatic rings. The summed E-state index contributed by atoms with van der Waals surface area (Å²) in [6.45, 7) is 0.342. The number of benzene rings is 1. The Hall–Kier alpha value is -2.95. The Morgan fingerprint density at radius 1 is 1.27 bits per heavy atom. The van der Waals surface area contributed by atoms with Crippen molar-refractivity contribution in [2.75, 3.05) is 33.0 Å². The minimum Gasteiger partial charge on any atom is -0.496 e. The second-order valence-electron chi connectivity index (χ2n) is 7.01. The van der Waals surface area contributed by atoms with Gasteiger partial charge in [0.2, 0.25) is 16.0 Å². The number of sulfonamides is 1. The lowest BCUT2D eigenvalue weighted by Crippen LogP contribution is -2.59. The zero-order valence-corrected chi connectivity index (χ0v) is 17.6. The fourth-order valence-electron chi connectivity index (χ4n) is 3.38. The van der Waals surface area contributed by atoms with Crippen molar-refractivity contribution in [3.63, 3.8) is 0 Å². The maximum absolute atomic E-state index is 12.6. The van der Waals surface area contributed by atoms with Crippen LogP contribution in [0.2, 0.25) is 0 Å². The number of guanidine groups is 1. The molecule has 0 saturated carbocycles. The first-order valence-corrected chi connectivity index (χ1v) is 11.2. The lowest BCUT2D eigenvalue weighted by atomic mass is 10.1. The third-order valence-electron chi connectivity index (χ3n) is 5.02. The Balaban J connectivity index is 1.76. The van der Waals surface area contributed by atoms with Crippen molar-refractivity contribution in [1.29, 1.82) is 0 Å². The molecule has 1 aromatic rings. The second kappa shape index (κ2) is 8.82. The van der Waals surface area contributed by atoms with Crippen LogP contribution >= 0.6 is 0 Å². The van der Waals surface area contributed by atoms with Crippen LogP contribution in [-0.2, 0) is 30.8 Å². The molecule has 2 amide bonds. The van der Waals surface area contributed by atoms with Gasteiger partial charge in [-0.3, -0.25) is 19.3 Å². The molecule has 30 heavy (non-hydrogen) atoms. The number of ether oxygens (including phenoxy) is 1. The highest BCUT2D eigenvalue weighted by Crippen LogP contribution is 2.20. The van der Waals surface area contributed by atoms with E-state index in [1.54, 1.807) is 13.2 Å². The molecule has 0 radical (unpaired) electrons. The van der Waals surface area contributed by atoms with E-state index in [4.69, 9.17) is 4.74 Å². The molecule has 11 heteroatoms. The molecular weight excluding hydrogens is 412 g/mol. The number of methoxy groups -OCH3 is 1. The molecule has 1 saturated heterocycles. The van der Waals surface area contributed by atoms with Crippen molar-refractivity contribution >= 4 is 33.6 Å². The standard InChI is InChI=1S/C19H24N4O6S/c1-22-18(26)16(24)15(21-19(22)23-11-5-6-12-30(23,27)28)17(25)20-10-9-13-7-3-4-8-14(13)29-2/h3-4,7-8,15H,5-6,9-12H2,1-2H3,(H,20,25). The summed E-state index contributed by atoms with van der Waals surface area (Å²) in [4.78, 5) is 42.2. The minimum atomic E-state index is -3.66. The number of para-hydroxylation sites is 1. The van der Waals surface area contributed by atoms with Gasteiger partial charge < -0.3 is 10.1 Å². The van der Waals surface area contributed by atoms with Crippen molar-refractivity contribution in [1.82, 2.24) is 14.5 Å². The van der Waals surface area contributed by atoms with E-state index in [2.05, 4.69) is 10.3 Å². The summed E-state index contributed by atoms with van der Waals surface area (Å²) < 4.78 is 31.1. The quantitative estimate of drug-likeness (QED) is 0.492. The van der Waals surface area contributed by atoms with Gasteiger partial charge in [0.25, 0.3) is 17.6 Å². The number of ketones is 1. The zero-order valence-electron chi connectivity index (χ0n) is 16.8. The van der Waals surface area contributed by atoms with Crippen LogP contribution < -0.4 is 10.1 Å². The summed E-state index contributed by atoms with van der Waals surface area (Å²) in [5.74, 6) is -2.30. The predicted molar refractivity (Wildman–Crippen MR) is 108 cm³/mol. The Labute approximate surface area is 174 Å². The van der Waals surface area contributed by atoms with Gasteiger partial charge in [0.1, 0.15) is 5.75 Å². The number of rotatable bonds is 5. The van der Waals surface area contributed by atoms with Crippen molar-refractivity contribution in [3.8, 4) is 5.75 Å². The maximum Gasteiger partial charge on any atom is 0.299 e. The molecule has 1 atom stereocenters. The number of hydrogen-bond donors (Lipinski definition) is 1. The Kier molecular flexibility index (Phi) is 6.40. The van der Waals surface area contributed by atoms with Gasteiger partial charge >= 0.3 is 0 Å². The lowest BCUT2D eigenvalue weighted by Gasteiger charge is -2.35. The van der Waals surface area contributed by atoms with Crippen LogP contribution in [0.5, 0.6) is 5.75 Å². The van der Waals surface area contributed by atoms with Gasteiger partial charge in [-0.05, 0) is 30.9 Å². The fraction of sp³-hybridized carbons (Fsp3) is 0.474. The van der Waals surface area contributed by atoms with Crippen LogP contribution in [0.4, 0.5) is 0 Å². The number of nitrogens with zero attached hydrogens (tertiary/aromatic N) is 3. The number of aliphatic imine (C=N–C) groups is 1. The average Bonchev–Trinajstić information content (AvgIpc) is 2.73. The highest BCUT2D eigenvalue weighted by Gasteiger charge is 2.43. The van der Waals surface area contributed by atoms with Gasteiger partial charge in [0, 0.05) is 20.1 Å². The van der Waals surface area contributed by atoms with Crippen LogP contribution in [0.15, 0.2) is 29.3 Å². The van der Waals surface area contributed by atoms with E-state index in [9.17, 15) is 22.8 Å². The van der Waals surface area contributed by atoms with E-state index >= 15 is 0 Å². The first-order chi connectivity index (χ1) is 14.3. The lowest BCUT2D eigenvalue weighted by molar-refractivity contribution is -0.145. The van der Waals surface area contributed by atoms with Crippen molar-refractivity contribution in [2.24, 2.45) is 4.99 Å². The van der Waals surface area contributed by atoms with Gasteiger partial charge in [-0.1, -0.05) is 18.2 Å². The monoisotopic (exact) mass is 436 g/mol. The van der Waals surface area contributed by atoms with Gasteiger partial charge in [-0.2, -0.15) is 0 Å². The Morgan fingerprint density at radius 2 is 2.00 bits per heavy atom. The molecule has 162 valence electrons. The van der Waals surface area contributed by atoms with Gasteiger partial charge in [0.15, 0.2) is 6.04 Å². The molecule has 1 fully saturated rings. The Morgan fingerprint density at radius 3 is 2.70 bits per heavy atom. The number of hydrogen-bond acceptors (Lipinski definition) is 7. The molecule has 0 bridgehead atoms. The number of carbonyl (C=O) groups is 3. The van der Waals surface area contributed by atoms with E-state index < -0.39 is 33.7 Å². The molecule has 0 spiro atoms. The molecule has 1 aromatic carbocycles. The average molecular weight is 436 g/mol. The summed E-state index contributed by atoms with van der Waals surface area (Å²) in [6.07, 6.45) is 1.56. The molecule has 0 aliphatic carbocycles. The van der Waals surface area contributed by atoms with E-state index in [1.165, 1.54) is 7.05 Å². The summed E-state index contributed by atoms with van der Waals surface area (Å²) >= 11 is 0. The Bertz CT molecular complexity index is 990. The SMILES string of the molecule is COc1ccccc1CCNC(=O)C1N=C(N2CCCCS2(=O)=O)N(C)C(=O)C1=O. The summed E-state index contributed by atoms with van der Waals surface area (Å²) in [5, 5.41) is 2.60. The van der Waals surface area contributed by atoms with Crippen LogP contribution in [0.3, 0.4) is 0 Å². The molecule has 2 aliphatic heterocycles. The van der Waals surface area contributed by atoms with E-state index in [-0.39, 0.29) is 24.8 Å². The second-order valence-corrected chi connectivity index (χ2v) is 9.02. The van der Waals surface area contributed by atoms with Crippen LogP contribution in [0, 0.1) is 0 Å². The summed E-state index contributed by atoms with van der Waals surface area (Å²) in [6, 6.07) is 5.71. The zero-order chi connectivity index (χ0) is 21.9. The number of Topliss-reactive ketones (excluding diaryl/α,β-unsaturated/α-hetero) is 1. The smallest absolute Gasteiger partial charge is 0.299 e. The molecule has 1 unspecified atom stereocenters. The first-order valence-electron chi connectivity index (χ1n) is 9.56. The maximum atomic E-state index is 12.6. The number of nitrogens with one attached hydrogen (secondary N) is 1. The third-order valence-corrected chi connectivity index (χ3v) is 6.84. The third kappa shape index (κ3) is 4.30. The molecule has 3 rings (SSSR count). The topological polar surface area (TPSA) is 125 Å². The number of carbonyl (C=O) groups excluding carboxylic acids is 3. The number of likely N-dealkylation sites (N-methyl/N-ethyl adjacent to an activating group) is 1. The highest BCUT2D eigenvalue weighted by atomic mass is 32.2. The van der Waals surface area contributed by atoms with E-state index in [0.29, 0.717) is 25.0 Å². The van der Waals surface area contributed by atoms with E-state index in [0.717, 1.165) is 14.8 Å². The minimum absolute atomic E-state index is 0.0717. The first kappa shape index (κ1) is 21.8. The highest BCUT2D eigenvalue weighted by molar-refractivity contribution is 7.89. The van der Waals surface area contributed by atoms with Crippen LogP contribution in [-0.4, -0.2) is 80.2 Å².